The van der Waals surface area contributed by atoms with Gasteiger partial charge in [-0.1, -0.05) is 82.1 Å². The van der Waals surface area contributed by atoms with E-state index in [4.69, 9.17) is 0 Å². The largest absolute Gasteiger partial charge is 0.358 e. The molecule has 0 spiro atoms. The number of aryl methyl sites for hydroxylation is 1. The number of fused-ring (bicyclic) bond motifs is 6. The minimum absolute atomic E-state index is 0.0180. The van der Waals surface area contributed by atoms with Crippen molar-refractivity contribution in [3.05, 3.63) is 70.0 Å². The molecule has 2 aliphatic carbocycles. The van der Waals surface area contributed by atoms with E-state index in [1.807, 2.05) is 0 Å². The predicted octanol–water partition coefficient (Wildman–Crippen LogP) is 6.14. The molecule has 2 heterocycles. The fraction of sp³-hybridized carbons (Fsp3) is 0.400. The Bertz CT molecular complexity index is 1490. The number of alkyl halides is 2. The maximum atomic E-state index is 11.3. The second-order valence-corrected chi connectivity index (χ2v) is 11.7. The SMILES string of the molecule is CC1CCc2[nH]c3c(CNC(=O)CBr)cccc3c21.CC1Cc2[nH]c3c(CNC(=O)CBr)cccc3c2C1. The molecule has 8 heteroatoms. The molecule has 0 saturated heterocycles. The van der Waals surface area contributed by atoms with Gasteiger partial charge in [0.05, 0.1) is 21.7 Å². The molecular weight excluding hydrogens is 608 g/mol. The quantitative estimate of drug-likeness (QED) is 0.191. The molecule has 6 rings (SSSR count). The van der Waals surface area contributed by atoms with Crippen LogP contribution in [0.4, 0.5) is 0 Å². The van der Waals surface area contributed by atoms with Gasteiger partial charge in [0, 0.05) is 35.2 Å². The zero-order valence-corrected chi connectivity index (χ0v) is 25.0. The molecule has 4 N–H and O–H groups in total. The first-order chi connectivity index (χ1) is 18.4. The van der Waals surface area contributed by atoms with Gasteiger partial charge in [-0.3, -0.25) is 9.59 Å². The number of amides is 2. The summed E-state index contributed by atoms with van der Waals surface area (Å²) in [4.78, 5) is 29.8. The smallest absolute Gasteiger partial charge is 0.230 e. The average molecular weight is 642 g/mol. The van der Waals surface area contributed by atoms with Crippen LogP contribution in [0, 0.1) is 5.92 Å². The molecule has 0 aliphatic heterocycles. The van der Waals surface area contributed by atoms with Gasteiger partial charge < -0.3 is 20.6 Å². The number of hydrogen-bond acceptors (Lipinski definition) is 2. The highest BCUT2D eigenvalue weighted by molar-refractivity contribution is 9.09. The minimum Gasteiger partial charge on any atom is -0.358 e. The van der Waals surface area contributed by atoms with Gasteiger partial charge in [0.15, 0.2) is 0 Å². The van der Waals surface area contributed by atoms with Crippen LogP contribution in [0.2, 0.25) is 0 Å². The van der Waals surface area contributed by atoms with Gasteiger partial charge in [-0.15, -0.1) is 0 Å². The Hall–Kier alpha value is -2.58. The third kappa shape index (κ3) is 5.43. The van der Waals surface area contributed by atoms with Crippen LogP contribution in [-0.2, 0) is 41.9 Å². The number of benzene rings is 2. The Balaban J connectivity index is 0.000000155. The van der Waals surface area contributed by atoms with Crippen molar-refractivity contribution < 1.29 is 9.59 Å². The zero-order valence-electron chi connectivity index (χ0n) is 21.8. The Morgan fingerprint density at radius 2 is 1.42 bits per heavy atom. The van der Waals surface area contributed by atoms with Crippen LogP contribution in [0.25, 0.3) is 21.8 Å². The Labute approximate surface area is 240 Å². The Morgan fingerprint density at radius 1 is 0.842 bits per heavy atom. The van der Waals surface area contributed by atoms with Crippen molar-refractivity contribution in [2.75, 3.05) is 10.7 Å². The first-order valence-electron chi connectivity index (χ1n) is 13.3. The van der Waals surface area contributed by atoms with Crippen molar-refractivity contribution >= 4 is 65.5 Å². The van der Waals surface area contributed by atoms with E-state index in [2.05, 4.69) is 103 Å². The molecule has 6 nitrogen and oxygen atoms in total. The number of aromatic nitrogens is 2. The molecule has 2 unspecified atom stereocenters. The van der Waals surface area contributed by atoms with Gasteiger partial charge in [-0.25, -0.2) is 0 Å². The van der Waals surface area contributed by atoms with E-state index in [0.717, 1.165) is 36.3 Å². The summed E-state index contributed by atoms with van der Waals surface area (Å²) in [6.45, 7) is 5.74. The summed E-state index contributed by atoms with van der Waals surface area (Å²) in [5.74, 6) is 1.41. The van der Waals surface area contributed by atoms with Crippen LogP contribution < -0.4 is 10.6 Å². The van der Waals surface area contributed by atoms with Crippen molar-refractivity contribution in [3.63, 3.8) is 0 Å². The number of hydrogen-bond donors (Lipinski definition) is 4. The van der Waals surface area contributed by atoms with Gasteiger partial charge in [-0.05, 0) is 59.8 Å². The van der Waals surface area contributed by atoms with E-state index < -0.39 is 0 Å². The molecule has 38 heavy (non-hydrogen) atoms. The zero-order chi connectivity index (χ0) is 26.8. The van der Waals surface area contributed by atoms with Gasteiger partial charge in [0.2, 0.25) is 11.8 Å². The molecule has 0 radical (unpaired) electrons. The van der Waals surface area contributed by atoms with E-state index in [9.17, 15) is 9.59 Å². The maximum Gasteiger partial charge on any atom is 0.230 e. The number of halogens is 2. The van der Waals surface area contributed by atoms with Gasteiger partial charge in [0.1, 0.15) is 0 Å². The van der Waals surface area contributed by atoms with Crippen molar-refractivity contribution in [2.24, 2.45) is 5.92 Å². The van der Waals surface area contributed by atoms with E-state index in [0.29, 0.717) is 29.7 Å². The summed E-state index contributed by atoms with van der Waals surface area (Å²) in [5.41, 5.74) is 10.4. The third-order valence-corrected chi connectivity index (χ3v) is 8.80. The maximum absolute atomic E-state index is 11.3. The number of H-pyrrole nitrogens is 2. The van der Waals surface area contributed by atoms with E-state index in [1.54, 1.807) is 0 Å². The monoisotopic (exact) mass is 640 g/mol. The molecule has 2 amide bonds. The highest BCUT2D eigenvalue weighted by atomic mass is 79.9. The molecule has 2 aliphatic rings. The number of para-hydroxylation sites is 2. The fourth-order valence-electron chi connectivity index (χ4n) is 5.96. The predicted molar refractivity (Wildman–Crippen MR) is 161 cm³/mol. The summed E-state index contributed by atoms with van der Waals surface area (Å²) in [7, 11) is 0. The topological polar surface area (TPSA) is 89.8 Å². The van der Waals surface area contributed by atoms with Gasteiger partial charge in [-0.2, -0.15) is 0 Å². The van der Waals surface area contributed by atoms with Crippen molar-refractivity contribution in [1.29, 1.82) is 0 Å². The molecule has 2 aromatic heterocycles. The van der Waals surface area contributed by atoms with Gasteiger partial charge >= 0.3 is 0 Å². The summed E-state index contributed by atoms with van der Waals surface area (Å²) in [5, 5.41) is 9.17. The first kappa shape index (κ1) is 27.0. The molecule has 4 aromatic rings. The molecular formula is C30H34Br2N4O2. The lowest BCUT2D eigenvalue weighted by Gasteiger charge is -2.07. The van der Waals surface area contributed by atoms with Crippen LogP contribution in [-0.4, -0.2) is 32.4 Å². The summed E-state index contributed by atoms with van der Waals surface area (Å²) < 4.78 is 0. The number of carbonyl (C=O) groups is 2. The highest BCUT2D eigenvalue weighted by Gasteiger charge is 2.24. The lowest BCUT2D eigenvalue weighted by molar-refractivity contribution is -0.119. The lowest BCUT2D eigenvalue weighted by Crippen LogP contribution is -2.23. The minimum atomic E-state index is 0.0180. The molecule has 0 saturated carbocycles. The normalized spacial score (nSPS) is 17.7. The van der Waals surface area contributed by atoms with Gasteiger partial charge in [0.25, 0.3) is 0 Å². The van der Waals surface area contributed by atoms with E-state index in [-0.39, 0.29) is 11.8 Å². The van der Waals surface area contributed by atoms with Crippen molar-refractivity contribution in [3.8, 4) is 0 Å². The van der Waals surface area contributed by atoms with Crippen LogP contribution in [0.5, 0.6) is 0 Å². The number of aromatic amines is 2. The Kier molecular flexibility index (Phi) is 8.29. The summed E-state index contributed by atoms with van der Waals surface area (Å²) in [6.07, 6.45) is 4.67. The van der Waals surface area contributed by atoms with Crippen molar-refractivity contribution in [1.82, 2.24) is 20.6 Å². The van der Waals surface area contributed by atoms with Crippen molar-refractivity contribution in [2.45, 2.75) is 58.5 Å². The first-order valence-corrected chi connectivity index (χ1v) is 15.5. The standard InChI is InChI=1S/2C15H17BrN2O/c1-9-5-12-11-4-2-3-10(8-17-14(19)7-16)15(11)18-13(12)6-9;1-9-5-6-12-14(9)11-4-2-3-10(15(11)18-12)8-17-13(19)7-16/h2*2-4,9,18H,5-8H2,1H3,(H,17,19). The second kappa shape index (κ2) is 11.7. The highest BCUT2D eigenvalue weighted by Crippen LogP contribution is 2.39. The molecule has 200 valence electrons. The van der Waals surface area contributed by atoms with Crippen LogP contribution in [0.3, 0.4) is 0 Å². The molecule has 0 bridgehead atoms. The number of nitrogens with one attached hydrogen (secondary N) is 4. The molecule has 0 fully saturated rings. The average Bonchev–Trinajstić information content (AvgIpc) is 3.67. The lowest BCUT2D eigenvalue weighted by atomic mass is 10.0. The third-order valence-electron chi connectivity index (χ3n) is 7.78. The van der Waals surface area contributed by atoms with E-state index in [1.165, 1.54) is 50.7 Å². The molecule has 2 aromatic carbocycles. The fourth-order valence-corrected chi connectivity index (χ4v) is 6.36. The van der Waals surface area contributed by atoms with E-state index >= 15 is 0 Å². The van der Waals surface area contributed by atoms with Crippen LogP contribution >= 0.6 is 31.9 Å². The Morgan fingerprint density at radius 3 is 2.05 bits per heavy atom. The molecule has 2 atom stereocenters. The number of carbonyl (C=O) groups excluding carboxylic acids is 2. The summed E-state index contributed by atoms with van der Waals surface area (Å²) >= 11 is 6.32. The summed E-state index contributed by atoms with van der Waals surface area (Å²) in [6, 6.07) is 12.7. The van der Waals surface area contributed by atoms with Crippen LogP contribution in [0.15, 0.2) is 36.4 Å². The van der Waals surface area contributed by atoms with Crippen LogP contribution in [0.1, 0.15) is 59.8 Å². The second-order valence-electron chi connectivity index (χ2n) is 10.6. The number of rotatable bonds is 6.